The van der Waals surface area contributed by atoms with Gasteiger partial charge in [-0.2, -0.15) is 0 Å². The minimum Gasteiger partial charge on any atom is -0.481 e. The van der Waals surface area contributed by atoms with Crippen LogP contribution in [0.5, 0.6) is 5.88 Å². The van der Waals surface area contributed by atoms with Crippen molar-refractivity contribution >= 4 is 11.8 Å². The van der Waals surface area contributed by atoms with Gasteiger partial charge in [-0.15, -0.1) is 0 Å². The number of nitrogens with zero attached hydrogens (tertiary/aromatic N) is 3. The molecule has 0 aliphatic carbocycles. The summed E-state index contributed by atoms with van der Waals surface area (Å²) in [5.74, 6) is 0.102. The van der Waals surface area contributed by atoms with Gasteiger partial charge < -0.3 is 14.7 Å². The lowest BCUT2D eigenvalue weighted by molar-refractivity contribution is -0.135. The van der Waals surface area contributed by atoms with Crippen LogP contribution in [0.3, 0.4) is 0 Å². The van der Waals surface area contributed by atoms with Gasteiger partial charge in [-0.1, -0.05) is 6.92 Å². The second-order valence-electron chi connectivity index (χ2n) is 3.70. The molecule has 1 heterocycles. The largest absolute Gasteiger partial charge is 0.481 e. The summed E-state index contributed by atoms with van der Waals surface area (Å²) >= 11 is 0. The Labute approximate surface area is 100 Å². The quantitative estimate of drug-likeness (QED) is 0.803. The Morgan fingerprint density at radius 2 is 2.29 bits per heavy atom. The number of hydrogen-bond acceptors (Lipinski definition) is 5. The van der Waals surface area contributed by atoms with Gasteiger partial charge in [-0.05, 0) is 13.3 Å². The molecule has 0 bridgehead atoms. The average Bonchev–Trinajstić information content (AvgIpc) is 2.35. The van der Waals surface area contributed by atoms with E-state index < -0.39 is 5.97 Å². The van der Waals surface area contributed by atoms with Crippen LogP contribution in [0.1, 0.15) is 20.3 Å². The van der Waals surface area contributed by atoms with Crippen molar-refractivity contribution in [1.82, 2.24) is 9.97 Å². The predicted octanol–water partition coefficient (Wildman–Crippen LogP) is 1.17. The number of aromatic nitrogens is 2. The molecule has 0 aliphatic heterocycles. The van der Waals surface area contributed by atoms with Crippen molar-refractivity contribution in [3.63, 3.8) is 0 Å². The van der Waals surface area contributed by atoms with E-state index in [1.54, 1.807) is 11.0 Å². The monoisotopic (exact) mass is 239 g/mol. The standard InChI is InChI=1S/C11H17N3O3/c1-4-8(2)14(6-11(15)16)9-5-10(17-3)13-7-12-9/h5,7-8H,4,6H2,1-3H3,(H,15,16). The Morgan fingerprint density at radius 3 is 2.82 bits per heavy atom. The molecule has 17 heavy (non-hydrogen) atoms. The molecule has 94 valence electrons. The van der Waals surface area contributed by atoms with Crippen LogP contribution in [0.25, 0.3) is 0 Å². The molecule has 1 rings (SSSR count). The number of ether oxygens (including phenoxy) is 1. The van der Waals surface area contributed by atoms with Crippen LogP contribution in [-0.2, 0) is 4.79 Å². The molecule has 0 saturated carbocycles. The Hall–Kier alpha value is -1.85. The van der Waals surface area contributed by atoms with E-state index in [0.717, 1.165) is 6.42 Å². The molecule has 0 spiro atoms. The molecular formula is C11H17N3O3. The molecule has 6 heteroatoms. The molecule has 0 aliphatic rings. The number of rotatable bonds is 6. The zero-order chi connectivity index (χ0) is 12.8. The molecule has 1 N–H and O–H groups in total. The van der Waals surface area contributed by atoms with E-state index in [2.05, 4.69) is 9.97 Å². The first-order valence-electron chi connectivity index (χ1n) is 5.43. The van der Waals surface area contributed by atoms with Crippen LogP contribution in [0.15, 0.2) is 12.4 Å². The SMILES string of the molecule is CCC(C)N(CC(=O)O)c1cc(OC)ncn1. The van der Waals surface area contributed by atoms with E-state index in [0.29, 0.717) is 11.7 Å². The van der Waals surface area contributed by atoms with Crippen LogP contribution in [-0.4, -0.2) is 40.7 Å². The molecule has 1 aromatic heterocycles. The van der Waals surface area contributed by atoms with Crippen molar-refractivity contribution in [2.75, 3.05) is 18.6 Å². The number of carboxylic acids is 1. The van der Waals surface area contributed by atoms with Crippen molar-refractivity contribution in [2.45, 2.75) is 26.3 Å². The molecule has 0 radical (unpaired) electrons. The van der Waals surface area contributed by atoms with Gasteiger partial charge >= 0.3 is 5.97 Å². The zero-order valence-electron chi connectivity index (χ0n) is 10.3. The van der Waals surface area contributed by atoms with Crippen molar-refractivity contribution in [3.8, 4) is 5.88 Å². The van der Waals surface area contributed by atoms with Gasteiger partial charge in [0.05, 0.1) is 7.11 Å². The summed E-state index contributed by atoms with van der Waals surface area (Å²) in [5.41, 5.74) is 0. The van der Waals surface area contributed by atoms with E-state index in [1.165, 1.54) is 13.4 Å². The highest BCUT2D eigenvalue weighted by Crippen LogP contribution is 2.18. The third-order valence-corrected chi connectivity index (χ3v) is 2.56. The van der Waals surface area contributed by atoms with Crippen molar-refractivity contribution in [1.29, 1.82) is 0 Å². The van der Waals surface area contributed by atoms with Crippen LogP contribution in [0, 0.1) is 0 Å². The maximum atomic E-state index is 10.8. The topological polar surface area (TPSA) is 75.6 Å². The van der Waals surface area contributed by atoms with Crippen LogP contribution >= 0.6 is 0 Å². The van der Waals surface area contributed by atoms with E-state index in [-0.39, 0.29) is 12.6 Å². The second kappa shape index (κ2) is 6.03. The van der Waals surface area contributed by atoms with Crippen molar-refractivity contribution < 1.29 is 14.6 Å². The summed E-state index contributed by atoms with van der Waals surface area (Å²) < 4.78 is 5.00. The lowest BCUT2D eigenvalue weighted by Crippen LogP contribution is -2.37. The highest BCUT2D eigenvalue weighted by atomic mass is 16.5. The summed E-state index contributed by atoms with van der Waals surface area (Å²) in [4.78, 5) is 20.5. The normalized spacial score (nSPS) is 11.9. The molecule has 0 fully saturated rings. The predicted molar refractivity (Wildman–Crippen MR) is 63.3 cm³/mol. The van der Waals surface area contributed by atoms with E-state index in [1.807, 2.05) is 13.8 Å². The minimum absolute atomic E-state index is 0.0881. The average molecular weight is 239 g/mol. The summed E-state index contributed by atoms with van der Waals surface area (Å²) in [6.45, 7) is 3.87. The third-order valence-electron chi connectivity index (χ3n) is 2.56. The molecule has 0 saturated heterocycles. The number of carbonyl (C=O) groups is 1. The second-order valence-corrected chi connectivity index (χ2v) is 3.70. The van der Waals surface area contributed by atoms with E-state index >= 15 is 0 Å². The van der Waals surface area contributed by atoms with E-state index in [9.17, 15) is 4.79 Å². The summed E-state index contributed by atoms with van der Waals surface area (Å²) in [6.07, 6.45) is 2.20. The maximum Gasteiger partial charge on any atom is 0.323 e. The fourth-order valence-corrected chi connectivity index (χ4v) is 1.43. The number of hydrogen-bond donors (Lipinski definition) is 1. The van der Waals surface area contributed by atoms with Crippen LogP contribution in [0.2, 0.25) is 0 Å². The number of anilines is 1. The summed E-state index contributed by atoms with van der Waals surface area (Å²) in [6, 6.07) is 1.72. The highest BCUT2D eigenvalue weighted by Gasteiger charge is 2.18. The molecule has 0 amide bonds. The van der Waals surface area contributed by atoms with Crippen LogP contribution in [0.4, 0.5) is 5.82 Å². The first kappa shape index (κ1) is 13.2. The number of methoxy groups -OCH3 is 1. The molecule has 1 atom stereocenters. The Kier molecular flexibility index (Phi) is 4.68. The van der Waals surface area contributed by atoms with Gasteiger partial charge in [0.1, 0.15) is 18.7 Å². The lowest BCUT2D eigenvalue weighted by atomic mass is 10.2. The van der Waals surface area contributed by atoms with Gasteiger partial charge in [-0.3, -0.25) is 4.79 Å². The number of aliphatic carboxylic acids is 1. The van der Waals surface area contributed by atoms with Gasteiger partial charge in [0.15, 0.2) is 0 Å². The summed E-state index contributed by atoms with van der Waals surface area (Å²) in [7, 11) is 1.51. The fraction of sp³-hybridized carbons (Fsp3) is 0.545. The van der Waals surface area contributed by atoms with Crippen molar-refractivity contribution in [2.24, 2.45) is 0 Å². The molecule has 1 aromatic rings. The van der Waals surface area contributed by atoms with Gasteiger partial charge in [-0.25, -0.2) is 9.97 Å². The maximum absolute atomic E-state index is 10.8. The third kappa shape index (κ3) is 3.58. The zero-order valence-corrected chi connectivity index (χ0v) is 10.3. The number of carboxylic acid groups (broad SMARTS) is 1. The van der Waals surface area contributed by atoms with Gasteiger partial charge in [0, 0.05) is 12.1 Å². The highest BCUT2D eigenvalue weighted by molar-refractivity contribution is 5.73. The Bertz CT molecular complexity index is 384. The summed E-state index contributed by atoms with van der Waals surface area (Å²) in [5, 5.41) is 8.90. The Morgan fingerprint density at radius 1 is 1.59 bits per heavy atom. The lowest BCUT2D eigenvalue weighted by Gasteiger charge is -2.27. The fourth-order valence-electron chi connectivity index (χ4n) is 1.43. The first-order chi connectivity index (χ1) is 8.08. The smallest absolute Gasteiger partial charge is 0.323 e. The Balaban J connectivity index is 2.98. The van der Waals surface area contributed by atoms with Gasteiger partial charge in [0.25, 0.3) is 0 Å². The molecular weight excluding hydrogens is 222 g/mol. The first-order valence-corrected chi connectivity index (χ1v) is 5.43. The molecule has 1 unspecified atom stereocenters. The van der Waals surface area contributed by atoms with Crippen LogP contribution < -0.4 is 9.64 Å². The molecule has 0 aromatic carbocycles. The minimum atomic E-state index is -0.886. The van der Waals surface area contributed by atoms with E-state index in [4.69, 9.17) is 9.84 Å². The molecule has 6 nitrogen and oxygen atoms in total. The van der Waals surface area contributed by atoms with Crippen molar-refractivity contribution in [3.05, 3.63) is 12.4 Å². The van der Waals surface area contributed by atoms with Gasteiger partial charge in [0.2, 0.25) is 5.88 Å².